The topological polar surface area (TPSA) is 60.2 Å². The summed E-state index contributed by atoms with van der Waals surface area (Å²) in [6.07, 6.45) is 2.54. The first-order valence-corrected chi connectivity index (χ1v) is 6.68. The van der Waals surface area contributed by atoms with Crippen LogP contribution in [0.1, 0.15) is 33.1 Å². The van der Waals surface area contributed by atoms with Gasteiger partial charge in [0.05, 0.1) is 11.5 Å². The zero-order valence-corrected chi connectivity index (χ0v) is 9.23. The zero-order valence-electron chi connectivity index (χ0n) is 8.41. The van der Waals surface area contributed by atoms with Crippen molar-refractivity contribution in [3.63, 3.8) is 0 Å². The molecule has 1 fully saturated rings. The number of rotatable bonds is 3. The molecule has 2 N–H and O–H groups in total. The predicted octanol–water partition coefficient (Wildman–Crippen LogP) is 0.939. The molecule has 2 unspecified atom stereocenters. The fourth-order valence-electron chi connectivity index (χ4n) is 1.94. The Bertz CT molecular complexity index is 273. The van der Waals surface area contributed by atoms with Gasteiger partial charge in [-0.2, -0.15) is 0 Å². The van der Waals surface area contributed by atoms with Crippen molar-refractivity contribution in [1.29, 1.82) is 0 Å². The quantitative estimate of drug-likeness (QED) is 0.746. The first kappa shape index (κ1) is 11.0. The molecule has 0 amide bonds. The van der Waals surface area contributed by atoms with Crippen LogP contribution in [0, 0.1) is 5.92 Å². The lowest BCUT2D eigenvalue weighted by Crippen LogP contribution is -2.42. The van der Waals surface area contributed by atoms with Crippen molar-refractivity contribution < 1.29 is 8.42 Å². The first-order chi connectivity index (χ1) is 5.87. The van der Waals surface area contributed by atoms with E-state index in [0.717, 1.165) is 12.8 Å². The zero-order chi connectivity index (χ0) is 10.1. The van der Waals surface area contributed by atoms with Crippen LogP contribution >= 0.6 is 0 Å². The van der Waals surface area contributed by atoms with Gasteiger partial charge in [-0.25, -0.2) is 8.42 Å². The molecule has 1 aliphatic rings. The van der Waals surface area contributed by atoms with Crippen molar-refractivity contribution in [1.82, 2.24) is 0 Å². The molecule has 1 aliphatic heterocycles. The fourth-order valence-corrected chi connectivity index (χ4v) is 3.94. The van der Waals surface area contributed by atoms with Crippen LogP contribution in [0.25, 0.3) is 0 Å². The highest BCUT2D eigenvalue weighted by Gasteiger charge is 2.39. The van der Waals surface area contributed by atoms with E-state index in [1.165, 1.54) is 0 Å². The highest BCUT2D eigenvalue weighted by Crippen LogP contribution is 2.28. The van der Waals surface area contributed by atoms with E-state index in [2.05, 4.69) is 13.8 Å². The third-order valence-corrected chi connectivity index (χ3v) is 4.71. The van der Waals surface area contributed by atoms with E-state index in [-0.39, 0.29) is 11.5 Å². The number of hydrogen-bond donors (Lipinski definition) is 1. The molecule has 1 heterocycles. The summed E-state index contributed by atoms with van der Waals surface area (Å²) in [6, 6.07) is 0. The summed E-state index contributed by atoms with van der Waals surface area (Å²) < 4.78 is 22.5. The summed E-state index contributed by atoms with van der Waals surface area (Å²) in [5, 5.41) is 0. The van der Waals surface area contributed by atoms with Gasteiger partial charge in [0, 0.05) is 5.54 Å². The number of nitrogens with two attached hydrogens (primary N) is 1. The Kier molecular flexibility index (Phi) is 3.02. The van der Waals surface area contributed by atoms with Crippen molar-refractivity contribution in [3.8, 4) is 0 Å². The number of sulfone groups is 1. The monoisotopic (exact) mass is 205 g/mol. The summed E-state index contributed by atoms with van der Waals surface area (Å²) in [5.41, 5.74) is 5.60. The van der Waals surface area contributed by atoms with Gasteiger partial charge in [-0.3, -0.25) is 0 Å². The largest absolute Gasteiger partial charge is 0.324 e. The molecule has 0 aromatic rings. The summed E-state index contributed by atoms with van der Waals surface area (Å²) in [5.74, 6) is 0.989. The molecule has 1 rings (SSSR count). The van der Waals surface area contributed by atoms with Crippen LogP contribution in [0.5, 0.6) is 0 Å². The van der Waals surface area contributed by atoms with Crippen LogP contribution in [0.15, 0.2) is 0 Å². The maximum absolute atomic E-state index is 11.2. The van der Waals surface area contributed by atoms with Gasteiger partial charge in [-0.15, -0.1) is 0 Å². The molecule has 3 nitrogen and oxygen atoms in total. The van der Waals surface area contributed by atoms with Crippen molar-refractivity contribution in [2.75, 3.05) is 11.5 Å². The van der Waals surface area contributed by atoms with Gasteiger partial charge in [0.2, 0.25) is 0 Å². The lowest BCUT2D eigenvalue weighted by Gasteiger charge is -2.25. The van der Waals surface area contributed by atoms with Crippen LogP contribution < -0.4 is 5.73 Å². The Morgan fingerprint density at radius 3 is 2.54 bits per heavy atom. The predicted molar refractivity (Wildman–Crippen MR) is 54.3 cm³/mol. The van der Waals surface area contributed by atoms with Gasteiger partial charge in [0.1, 0.15) is 0 Å². The molecule has 0 bridgehead atoms. The van der Waals surface area contributed by atoms with E-state index in [0.29, 0.717) is 12.3 Å². The van der Waals surface area contributed by atoms with E-state index in [4.69, 9.17) is 5.73 Å². The summed E-state index contributed by atoms with van der Waals surface area (Å²) >= 11 is 0. The van der Waals surface area contributed by atoms with Crippen molar-refractivity contribution in [2.24, 2.45) is 11.7 Å². The van der Waals surface area contributed by atoms with Gasteiger partial charge < -0.3 is 5.73 Å². The second kappa shape index (κ2) is 3.58. The van der Waals surface area contributed by atoms with Gasteiger partial charge >= 0.3 is 0 Å². The van der Waals surface area contributed by atoms with Crippen LogP contribution in [0.4, 0.5) is 0 Å². The maximum atomic E-state index is 11.2. The van der Waals surface area contributed by atoms with Crippen LogP contribution in [-0.4, -0.2) is 25.5 Å². The third kappa shape index (κ3) is 2.95. The van der Waals surface area contributed by atoms with E-state index >= 15 is 0 Å². The molecule has 4 heteroatoms. The summed E-state index contributed by atoms with van der Waals surface area (Å²) in [4.78, 5) is 0. The van der Waals surface area contributed by atoms with Gasteiger partial charge in [0.15, 0.2) is 9.84 Å². The standard InChI is InChI=1S/C9H19NO2S/c1-3-8(2)6-9(10)4-5-13(11,12)7-9/h8H,3-7,10H2,1-2H3. The average Bonchev–Trinajstić information content (AvgIpc) is 2.25. The second-order valence-corrected chi connectivity index (χ2v) is 6.61. The Balaban J connectivity index is 2.60. The molecule has 0 aliphatic carbocycles. The van der Waals surface area contributed by atoms with Crippen molar-refractivity contribution >= 4 is 9.84 Å². The molecular formula is C9H19NO2S. The molecule has 0 spiro atoms. The minimum atomic E-state index is -2.83. The molecule has 0 radical (unpaired) electrons. The number of hydrogen-bond acceptors (Lipinski definition) is 3. The minimum Gasteiger partial charge on any atom is -0.324 e. The Hall–Kier alpha value is -0.0900. The smallest absolute Gasteiger partial charge is 0.152 e. The van der Waals surface area contributed by atoms with E-state index in [9.17, 15) is 8.42 Å². The SMILES string of the molecule is CCC(C)CC1(N)CCS(=O)(=O)C1. The second-order valence-electron chi connectivity index (χ2n) is 4.42. The van der Waals surface area contributed by atoms with Crippen LogP contribution in [0.3, 0.4) is 0 Å². The molecule has 2 atom stereocenters. The van der Waals surface area contributed by atoms with Gasteiger partial charge in [-0.1, -0.05) is 20.3 Å². The Morgan fingerprint density at radius 1 is 1.54 bits per heavy atom. The normalized spacial score (nSPS) is 34.7. The molecule has 0 aromatic heterocycles. The molecule has 0 saturated carbocycles. The van der Waals surface area contributed by atoms with Gasteiger partial charge in [0.25, 0.3) is 0 Å². The maximum Gasteiger partial charge on any atom is 0.152 e. The lowest BCUT2D eigenvalue weighted by molar-refractivity contribution is 0.354. The molecule has 78 valence electrons. The first-order valence-electron chi connectivity index (χ1n) is 4.86. The van der Waals surface area contributed by atoms with E-state index in [1.54, 1.807) is 0 Å². The molecule has 0 aromatic carbocycles. The fraction of sp³-hybridized carbons (Fsp3) is 1.00. The van der Waals surface area contributed by atoms with Crippen molar-refractivity contribution in [3.05, 3.63) is 0 Å². The minimum absolute atomic E-state index is 0.185. The van der Waals surface area contributed by atoms with E-state index < -0.39 is 15.4 Å². The van der Waals surface area contributed by atoms with Crippen LogP contribution in [0.2, 0.25) is 0 Å². The average molecular weight is 205 g/mol. The summed E-state index contributed by atoms with van der Waals surface area (Å²) in [7, 11) is -2.83. The van der Waals surface area contributed by atoms with Crippen molar-refractivity contribution in [2.45, 2.75) is 38.6 Å². The highest BCUT2D eigenvalue weighted by atomic mass is 32.2. The van der Waals surface area contributed by atoms with Gasteiger partial charge in [-0.05, 0) is 18.8 Å². The highest BCUT2D eigenvalue weighted by molar-refractivity contribution is 7.91. The molecular weight excluding hydrogens is 186 g/mol. The molecule has 1 saturated heterocycles. The Labute approximate surface area is 80.6 Å². The van der Waals surface area contributed by atoms with Crippen LogP contribution in [-0.2, 0) is 9.84 Å². The summed E-state index contributed by atoms with van der Waals surface area (Å²) in [6.45, 7) is 4.23. The lowest BCUT2D eigenvalue weighted by atomic mass is 9.87. The molecule has 13 heavy (non-hydrogen) atoms. The third-order valence-electron chi connectivity index (χ3n) is 2.87. The Morgan fingerprint density at radius 2 is 2.15 bits per heavy atom. The van der Waals surface area contributed by atoms with E-state index in [1.807, 2.05) is 0 Å².